The second-order valence-corrected chi connectivity index (χ2v) is 8.38. The van der Waals surface area contributed by atoms with Crippen LogP contribution in [0.15, 0.2) is 76.1 Å². The summed E-state index contributed by atoms with van der Waals surface area (Å²) in [4.78, 5) is 24.2. The Labute approximate surface area is 214 Å². The van der Waals surface area contributed by atoms with E-state index in [-0.39, 0.29) is 22.8 Å². The SMILES string of the molecule is COc1ccc(C=NNC(=O)C(=O)Nc2cc(C(F)(F)F)ccc2Cl)cc1CN1N=NC2C=CC=CC21. The van der Waals surface area contributed by atoms with Gasteiger partial charge in [0.2, 0.25) is 0 Å². The topological polar surface area (TPSA) is 108 Å². The number of rotatable bonds is 6. The van der Waals surface area contributed by atoms with E-state index in [2.05, 4.69) is 15.4 Å². The number of methoxy groups -OCH3 is 1. The third-order valence-corrected chi connectivity index (χ3v) is 5.82. The molecule has 1 aliphatic carbocycles. The summed E-state index contributed by atoms with van der Waals surface area (Å²) in [5.74, 6) is -1.82. The van der Waals surface area contributed by atoms with Crippen molar-refractivity contribution in [1.82, 2.24) is 10.4 Å². The minimum atomic E-state index is -4.64. The van der Waals surface area contributed by atoms with Gasteiger partial charge in [-0.05, 0) is 42.0 Å². The van der Waals surface area contributed by atoms with E-state index >= 15 is 0 Å². The average Bonchev–Trinajstić information content (AvgIpc) is 3.27. The van der Waals surface area contributed by atoms with Crippen LogP contribution in [0.3, 0.4) is 0 Å². The summed E-state index contributed by atoms with van der Waals surface area (Å²) in [7, 11) is 1.54. The Bertz CT molecular complexity index is 1330. The number of anilines is 1. The molecule has 1 aliphatic heterocycles. The first-order valence-corrected chi connectivity index (χ1v) is 11.2. The summed E-state index contributed by atoms with van der Waals surface area (Å²) in [5.41, 5.74) is 2.03. The van der Waals surface area contributed by atoms with Crippen LogP contribution in [0.5, 0.6) is 5.75 Å². The summed E-state index contributed by atoms with van der Waals surface area (Å²) >= 11 is 5.84. The zero-order chi connectivity index (χ0) is 26.6. The molecular formula is C24H20ClF3N6O3. The second-order valence-electron chi connectivity index (χ2n) is 7.97. The summed E-state index contributed by atoms with van der Waals surface area (Å²) in [6, 6.07) is 7.52. The number of fused-ring (bicyclic) bond motifs is 1. The molecule has 2 N–H and O–H groups in total. The first-order chi connectivity index (χ1) is 17.7. The monoisotopic (exact) mass is 532 g/mol. The van der Waals surface area contributed by atoms with Crippen LogP contribution in [0.2, 0.25) is 5.02 Å². The van der Waals surface area contributed by atoms with Crippen molar-refractivity contribution < 1.29 is 27.5 Å². The van der Waals surface area contributed by atoms with Crippen LogP contribution in [-0.4, -0.2) is 42.2 Å². The maximum absolute atomic E-state index is 12.9. The average molecular weight is 533 g/mol. The minimum Gasteiger partial charge on any atom is -0.496 e. The molecule has 2 aromatic rings. The molecule has 2 unspecified atom stereocenters. The number of alkyl halides is 3. The Hall–Kier alpha value is -4.19. The number of hydrogen-bond donors (Lipinski definition) is 2. The van der Waals surface area contributed by atoms with Crippen LogP contribution in [0, 0.1) is 0 Å². The molecule has 1 heterocycles. The fourth-order valence-electron chi connectivity index (χ4n) is 3.66. The lowest BCUT2D eigenvalue weighted by atomic mass is 10.0. The van der Waals surface area contributed by atoms with E-state index in [0.717, 1.165) is 17.7 Å². The minimum absolute atomic E-state index is 0.00448. The Balaban J connectivity index is 1.39. The van der Waals surface area contributed by atoms with E-state index in [9.17, 15) is 22.8 Å². The first kappa shape index (κ1) is 25.9. The number of nitrogens with zero attached hydrogens (tertiary/aromatic N) is 4. The molecule has 0 saturated carbocycles. The molecule has 2 aromatic carbocycles. The third-order valence-electron chi connectivity index (χ3n) is 5.49. The number of ether oxygens (including phenoxy) is 1. The van der Waals surface area contributed by atoms with E-state index < -0.39 is 23.6 Å². The van der Waals surface area contributed by atoms with Gasteiger partial charge in [-0.25, -0.2) is 5.43 Å². The Morgan fingerprint density at radius 3 is 2.70 bits per heavy atom. The molecule has 2 amide bonds. The first-order valence-electron chi connectivity index (χ1n) is 10.9. The van der Waals surface area contributed by atoms with Gasteiger partial charge in [0, 0.05) is 5.56 Å². The standard InChI is InChI=1S/C24H20ClF3N6O3/c1-37-21-9-6-14(10-15(21)13-34-20-5-3-2-4-18(20)31-33-34)12-29-32-23(36)22(35)30-19-11-16(24(26,27)28)7-8-17(19)25/h2-12,18,20H,13H2,1H3,(H,30,35)(H,32,36). The van der Waals surface area contributed by atoms with Crippen molar-refractivity contribution in [3.05, 3.63) is 82.4 Å². The number of hydrazone groups is 1. The Kier molecular flexibility index (Phi) is 7.58. The fourth-order valence-corrected chi connectivity index (χ4v) is 3.82. The molecule has 0 fully saturated rings. The number of hydrogen-bond acceptors (Lipinski definition) is 7. The van der Waals surface area contributed by atoms with Gasteiger partial charge in [-0.3, -0.25) is 14.6 Å². The van der Waals surface area contributed by atoms with Gasteiger partial charge in [0.15, 0.2) is 0 Å². The summed E-state index contributed by atoms with van der Waals surface area (Å²) in [5, 5.41) is 16.0. The van der Waals surface area contributed by atoms with Crippen LogP contribution in [0.25, 0.3) is 0 Å². The van der Waals surface area contributed by atoms with Crippen LogP contribution >= 0.6 is 11.6 Å². The molecule has 0 radical (unpaired) electrons. The molecule has 2 aliphatic rings. The molecule has 4 rings (SSSR count). The van der Waals surface area contributed by atoms with Crippen LogP contribution in [-0.2, 0) is 22.3 Å². The summed E-state index contributed by atoms with van der Waals surface area (Å²) in [6.07, 6.45) is 4.50. The molecule has 0 aromatic heterocycles. The molecular weight excluding hydrogens is 513 g/mol. The Morgan fingerprint density at radius 1 is 1.16 bits per heavy atom. The molecule has 192 valence electrons. The fraction of sp³-hybridized carbons (Fsp3) is 0.208. The predicted octanol–water partition coefficient (Wildman–Crippen LogP) is 4.50. The second kappa shape index (κ2) is 10.8. The third kappa shape index (κ3) is 6.15. The van der Waals surface area contributed by atoms with Crippen LogP contribution in [0.1, 0.15) is 16.7 Å². The van der Waals surface area contributed by atoms with E-state index in [1.807, 2.05) is 40.1 Å². The highest BCUT2D eigenvalue weighted by molar-refractivity contribution is 6.41. The number of nitrogens with one attached hydrogen (secondary N) is 2. The van der Waals surface area contributed by atoms with E-state index in [1.165, 1.54) is 6.21 Å². The van der Waals surface area contributed by atoms with Gasteiger partial charge >= 0.3 is 18.0 Å². The van der Waals surface area contributed by atoms with Crippen LogP contribution < -0.4 is 15.5 Å². The van der Waals surface area contributed by atoms with Gasteiger partial charge in [-0.15, -0.1) is 0 Å². The number of allylic oxidation sites excluding steroid dienone is 2. The van der Waals surface area contributed by atoms with Crippen molar-refractivity contribution >= 4 is 35.3 Å². The number of halogens is 4. The summed E-state index contributed by atoms with van der Waals surface area (Å²) in [6.45, 7) is 0.403. The zero-order valence-corrected chi connectivity index (χ0v) is 20.0. The number of benzene rings is 2. The van der Waals surface area contributed by atoms with Crippen molar-refractivity contribution in [2.24, 2.45) is 15.4 Å². The lowest BCUT2D eigenvalue weighted by molar-refractivity contribution is -0.137. The normalized spacial score (nSPS) is 18.2. The number of amides is 2. The molecule has 2 atom stereocenters. The maximum atomic E-state index is 12.9. The van der Waals surface area contributed by atoms with Crippen molar-refractivity contribution in [3.63, 3.8) is 0 Å². The van der Waals surface area contributed by atoms with Gasteiger partial charge in [0.1, 0.15) is 11.8 Å². The van der Waals surface area contributed by atoms with Gasteiger partial charge in [-0.2, -0.15) is 23.4 Å². The highest BCUT2D eigenvalue weighted by Gasteiger charge is 2.32. The van der Waals surface area contributed by atoms with E-state index in [0.29, 0.717) is 23.9 Å². The molecule has 13 heteroatoms. The van der Waals surface area contributed by atoms with Crippen molar-refractivity contribution in [2.45, 2.75) is 24.8 Å². The van der Waals surface area contributed by atoms with Crippen molar-refractivity contribution in [2.75, 3.05) is 12.4 Å². The lowest BCUT2D eigenvalue weighted by Crippen LogP contribution is -2.32. The van der Waals surface area contributed by atoms with E-state index in [4.69, 9.17) is 16.3 Å². The zero-order valence-electron chi connectivity index (χ0n) is 19.2. The smallest absolute Gasteiger partial charge is 0.416 e. The largest absolute Gasteiger partial charge is 0.496 e. The number of carbonyl (C=O) groups is 2. The lowest BCUT2D eigenvalue weighted by Gasteiger charge is -2.24. The van der Waals surface area contributed by atoms with Crippen molar-refractivity contribution in [3.8, 4) is 5.75 Å². The van der Waals surface area contributed by atoms with Gasteiger partial charge < -0.3 is 10.1 Å². The van der Waals surface area contributed by atoms with E-state index in [1.54, 1.807) is 25.3 Å². The predicted molar refractivity (Wildman–Crippen MR) is 130 cm³/mol. The molecule has 0 saturated heterocycles. The Morgan fingerprint density at radius 2 is 1.95 bits per heavy atom. The molecule has 37 heavy (non-hydrogen) atoms. The maximum Gasteiger partial charge on any atom is 0.416 e. The summed E-state index contributed by atoms with van der Waals surface area (Å²) < 4.78 is 44.2. The molecule has 0 bridgehead atoms. The van der Waals surface area contributed by atoms with Gasteiger partial charge in [-0.1, -0.05) is 41.1 Å². The quantitative estimate of drug-likeness (QED) is 0.324. The van der Waals surface area contributed by atoms with Crippen molar-refractivity contribution in [1.29, 1.82) is 0 Å². The van der Waals surface area contributed by atoms with Gasteiger partial charge in [0.05, 0.1) is 42.2 Å². The number of carbonyl (C=O) groups excluding carboxylic acids is 2. The highest BCUT2D eigenvalue weighted by atomic mass is 35.5. The molecule has 0 spiro atoms. The van der Waals surface area contributed by atoms with Gasteiger partial charge in [0.25, 0.3) is 0 Å². The highest BCUT2D eigenvalue weighted by Crippen LogP contribution is 2.34. The van der Waals surface area contributed by atoms with Crippen LogP contribution in [0.4, 0.5) is 18.9 Å². The molecule has 9 nitrogen and oxygen atoms in total.